The molecule has 0 aliphatic rings. The summed E-state index contributed by atoms with van der Waals surface area (Å²) in [5, 5.41) is 4.85. The van der Waals surface area contributed by atoms with Gasteiger partial charge in [0.1, 0.15) is 0 Å². The number of allylic oxidation sites excluding steroid dienone is 1. The maximum atomic E-state index is 11.1. The van der Waals surface area contributed by atoms with E-state index in [1.807, 2.05) is 19.2 Å². The number of amides is 1. The maximum absolute atomic E-state index is 11.1. The zero-order valence-corrected chi connectivity index (χ0v) is 8.65. The van der Waals surface area contributed by atoms with E-state index in [4.69, 9.17) is 0 Å². The van der Waals surface area contributed by atoms with Crippen molar-refractivity contribution in [1.82, 2.24) is 5.32 Å². The fourth-order valence-electron chi connectivity index (χ4n) is 0.963. The predicted molar refractivity (Wildman–Crippen MR) is 55.7 cm³/mol. The van der Waals surface area contributed by atoms with Crippen LogP contribution in [0, 0.1) is 6.92 Å². The fourth-order valence-corrected chi connectivity index (χ4v) is 1.81. The van der Waals surface area contributed by atoms with Gasteiger partial charge in [-0.3, -0.25) is 4.79 Å². The van der Waals surface area contributed by atoms with Crippen LogP contribution in [-0.2, 0) is 11.3 Å². The monoisotopic (exact) mass is 195 g/mol. The highest BCUT2D eigenvalue weighted by Gasteiger charge is 2.00. The lowest BCUT2D eigenvalue weighted by Gasteiger charge is -2.00. The Morgan fingerprint density at radius 3 is 3.00 bits per heavy atom. The molecule has 0 saturated carbocycles. The Hall–Kier alpha value is -1.09. The molecule has 0 aromatic carbocycles. The lowest BCUT2D eigenvalue weighted by atomic mass is 10.3. The zero-order chi connectivity index (χ0) is 9.68. The first kappa shape index (κ1) is 9.99. The molecule has 0 spiro atoms. The first-order valence-electron chi connectivity index (χ1n) is 4.17. The van der Waals surface area contributed by atoms with E-state index in [1.54, 1.807) is 17.4 Å². The summed E-state index contributed by atoms with van der Waals surface area (Å²) in [6.45, 7) is 4.51. The molecular weight excluding hydrogens is 182 g/mol. The van der Waals surface area contributed by atoms with E-state index in [2.05, 4.69) is 11.4 Å². The van der Waals surface area contributed by atoms with Crippen molar-refractivity contribution in [2.75, 3.05) is 0 Å². The van der Waals surface area contributed by atoms with Crippen LogP contribution in [0.3, 0.4) is 0 Å². The first-order valence-corrected chi connectivity index (χ1v) is 5.05. The highest BCUT2D eigenvalue weighted by Crippen LogP contribution is 2.14. The molecule has 1 aromatic heterocycles. The predicted octanol–water partition coefficient (Wildman–Crippen LogP) is 2.25. The molecule has 0 atom stereocenters. The lowest BCUT2D eigenvalue weighted by molar-refractivity contribution is -0.116. The van der Waals surface area contributed by atoms with Gasteiger partial charge in [0, 0.05) is 4.88 Å². The number of thiophene rings is 1. The van der Waals surface area contributed by atoms with Gasteiger partial charge in [-0.1, -0.05) is 6.08 Å². The van der Waals surface area contributed by atoms with E-state index in [0.717, 1.165) is 0 Å². The van der Waals surface area contributed by atoms with Crippen LogP contribution in [0.5, 0.6) is 0 Å². The summed E-state index contributed by atoms with van der Waals surface area (Å²) in [6, 6.07) is 2.06. The second-order valence-corrected chi connectivity index (χ2v) is 3.75. The molecule has 0 fully saturated rings. The van der Waals surface area contributed by atoms with Crippen LogP contribution in [0.25, 0.3) is 0 Å². The molecule has 13 heavy (non-hydrogen) atoms. The van der Waals surface area contributed by atoms with Crippen molar-refractivity contribution >= 4 is 17.2 Å². The molecule has 0 radical (unpaired) electrons. The normalized spacial score (nSPS) is 10.6. The van der Waals surface area contributed by atoms with E-state index in [-0.39, 0.29) is 5.91 Å². The summed E-state index contributed by atoms with van der Waals surface area (Å²) in [4.78, 5) is 12.3. The molecule has 0 aliphatic carbocycles. The SMILES string of the molecule is CC=CC(=O)NCc1sccc1C. The van der Waals surface area contributed by atoms with Gasteiger partial charge in [-0.05, 0) is 36.9 Å². The molecule has 3 heteroatoms. The Morgan fingerprint density at radius 2 is 2.46 bits per heavy atom. The molecule has 0 bridgehead atoms. The van der Waals surface area contributed by atoms with E-state index < -0.39 is 0 Å². The number of aryl methyl sites for hydroxylation is 1. The Labute approximate surface area is 82.3 Å². The van der Waals surface area contributed by atoms with Gasteiger partial charge < -0.3 is 5.32 Å². The largest absolute Gasteiger partial charge is 0.348 e. The van der Waals surface area contributed by atoms with E-state index in [0.29, 0.717) is 6.54 Å². The number of hydrogen-bond acceptors (Lipinski definition) is 2. The van der Waals surface area contributed by atoms with Gasteiger partial charge in [0.25, 0.3) is 0 Å². The van der Waals surface area contributed by atoms with Crippen LogP contribution in [0.4, 0.5) is 0 Å². The van der Waals surface area contributed by atoms with E-state index in [1.165, 1.54) is 16.5 Å². The molecule has 1 rings (SSSR count). The van der Waals surface area contributed by atoms with Gasteiger partial charge >= 0.3 is 0 Å². The van der Waals surface area contributed by atoms with E-state index in [9.17, 15) is 4.79 Å². The molecule has 1 amide bonds. The van der Waals surface area contributed by atoms with Crippen LogP contribution in [0.15, 0.2) is 23.6 Å². The Bertz CT molecular complexity index is 314. The van der Waals surface area contributed by atoms with Gasteiger partial charge in [-0.2, -0.15) is 0 Å². The van der Waals surface area contributed by atoms with Crippen molar-refractivity contribution in [3.05, 3.63) is 34.0 Å². The van der Waals surface area contributed by atoms with Crippen molar-refractivity contribution < 1.29 is 4.79 Å². The number of carbonyl (C=O) groups excluding carboxylic acids is 1. The minimum absolute atomic E-state index is 0.0321. The molecule has 0 saturated heterocycles. The van der Waals surface area contributed by atoms with Gasteiger partial charge in [0.05, 0.1) is 6.54 Å². The molecule has 1 heterocycles. The van der Waals surface area contributed by atoms with Crippen molar-refractivity contribution in [3.8, 4) is 0 Å². The molecule has 2 nitrogen and oxygen atoms in total. The smallest absolute Gasteiger partial charge is 0.243 e. The summed E-state index contributed by atoms with van der Waals surface area (Å²) in [5.41, 5.74) is 1.24. The molecule has 0 aliphatic heterocycles. The molecule has 1 aromatic rings. The summed E-state index contributed by atoms with van der Waals surface area (Å²) < 4.78 is 0. The summed E-state index contributed by atoms with van der Waals surface area (Å²) in [6.07, 6.45) is 3.26. The van der Waals surface area contributed by atoms with Crippen LogP contribution >= 0.6 is 11.3 Å². The highest BCUT2D eigenvalue weighted by atomic mass is 32.1. The fraction of sp³-hybridized carbons (Fsp3) is 0.300. The second kappa shape index (κ2) is 4.82. The van der Waals surface area contributed by atoms with Crippen molar-refractivity contribution in [1.29, 1.82) is 0 Å². The average molecular weight is 195 g/mol. The summed E-state index contributed by atoms with van der Waals surface area (Å²) >= 11 is 1.67. The highest BCUT2D eigenvalue weighted by molar-refractivity contribution is 7.10. The zero-order valence-electron chi connectivity index (χ0n) is 7.83. The van der Waals surface area contributed by atoms with E-state index >= 15 is 0 Å². The van der Waals surface area contributed by atoms with Crippen LogP contribution < -0.4 is 5.32 Å². The van der Waals surface area contributed by atoms with Crippen molar-refractivity contribution in [2.45, 2.75) is 20.4 Å². The minimum atomic E-state index is -0.0321. The van der Waals surface area contributed by atoms with Crippen LogP contribution in [0.2, 0.25) is 0 Å². The summed E-state index contributed by atoms with van der Waals surface area (Å²) in [7, 11) is 0. The van der Waals surface area contributed by atoms with Gasteiger partial charge in [-0.15, -0.1) is 11.3 Å². The quantitative estimate of drug-likeness (QED) is 0.736. The number of carbonyl (C=O) groups is 1. The third-order valence-electron chi connectivity index (χ3n) is 1.71. The van der Waals surface area contributed by atoms with Crippen molar-refractivity contribution in [3.63, 3.8) is 0 Å². The Kier molecular flexibility index (Phi) is 3.71. The van der Waals surface area contributed by atoms with Gasteiger partial charge in [0.2, 0.25) is 5.91 Å². The van der Waals surface area contributed by atoms with Crippen LogP contribution in [-0.4, -0.2) is 5.91 Å². The van der Waals surface area contributed by atoms with Crippen LogP contribution in [0.1, 0.15) is 17.4 Å². The molecule has 1 N–H and O–H groups in total. The molecule has 0 unspecified atom stereocenters. The first-order chi connectivity index (χ1) is 6.24. The molecular formula is C10H13NOS. The number of nitrogens with one attached hydrogen (secondary N) is 1. The topological polar surface area (TPSA) is 29.1 Å². The third-order valence-corrected chi connectivity index (χ3v) is 2.73. The minimum Gasteiger partial charge on any atom is -0.348 e. The number of hydrogen-bond donors (Lipinski definition) is 1. The summed E-state index contributed by atoms with van der Waals surface area (Å²) in [5.74, 6) is -0.0321. The van der Waals surface area contributed by atoms with Gasteiger partial charge in [-0.25, -0.2) is 0 Å². The second-order valence-electron chi connectivity index (χ2n) is 2.74. The Balaban J connectivity index is 2.44. The maximum Gasteiger partial charge on any atom is 0.243 e. The van der Waals surface area contributed by atoms with Gasteiger partial charge in [0.15, 0.2) is 0 Å². The third kappa shape index (κ3) is 3.03. The standard InChI is InChI=1S/C10H13NOS/c1-3-4-10(12)11-7-9-8(2)5-6-13-9/h3-6H,7H2,1-2H3,(H,11,12). The van der Waals surface area contributed by atoms with Crippen molar-refractivity contribution in [2.24, 2.45) is 0 Å². The average Bonchev–Trinajstić information content (AvgIpc) is 2.48. The lowest BCUT2D eigenvalue weighted by Crippen LogP contribution is -2.19. The number of rotatable bonds is 3. The Morgan fingerprint density at radius 1 is 1.69 bits per heavy atom. The molecule has 70 valence electrons.